The first-order valence-corrected chi connectivity index (χ1v) is 13.4. The highest BCUT2D eigenvalue weighted by Gasteiger charge is 2.27. The first-order chi connectivity index (χ1) is 17.0. The molecule has 0 aliphatic rings. The predicted molar refractivity (Wildman–Crippen MR) is 137 cm³/mol. The van der Waals surface area contributed by atoms with E-state index in [1.165, 1.54) is 22.3 Å². The normalized spacial score (nSPS) is 12.6. The number of imidazole rings is 1. The Kier molecular flexibility index (Phi) is 6.90. The Balaban J connectivity index is 1.93. The van der Waals surface area contributed by atoms with Gasteiger partial charge >= 0.3 is 5.69 Å². The molecule has 0 aliphatic carbocycles. The number of sulfone groups is 1. The zero-order valence-corrected chi connectivity index (χ0v) is 21.6. The number of aromatic nitrogens is 3. The van der Waals surface area contributed by atoms with E-state index in [0.29, 0.717) is 40.2 Å². The number of hydrogen-bond donors (Lipinski definition) is 0. The monoisotopic (exact) mass is 513 g/mol. The number of ether oxygens (including phenoxy) is 2. The number of benzene rings is 2. The van der Waals surface area contributed by atoms with Gasteiger partial charge in [-0.25, -0.2) is 22.6 Å². The van der Waals surface area contributed by atoms with Crippen LogP contribution in [-0.4, -0.2) is 48.3 Å². The van der Waals surface area contributed by atoms with E-state index in [1.807, 2.05) is 13.0 Å². The fraction of sp³-hybridized carbons (Fsp3) is 0.308. The topological polar surface area (TPSA) is 92.4 Å². The molecule has 0 fully saturated rings. The second kappa shape index (κ2) is 9.77. The van der Waals surface area contributed by atoms with Gasteiger partial charge < -0.3 is 9.47 Å². The quantitative estimate of drug-likeness (QED) is 0.355. The minimum atomic E-state index is -3.53. The van der Waals surface area contributed by atoms with Gasteiger partial charge in [-0.2, -0.15) is 0 Å². The molecule has 4 rings (SSSR count). The highest BCUT2D eigenvalue weighted by Crippen LogP contribution is 2.32. The Bertz CT molecular complexity index is 1610. The van der Waals surface area contributed by atoms with Crippen LogP contribution in [0.1, 0.15) is 24.2 Å². The van der Waals surface area contributed by atoms with E-state index >= 15 is 0 Å². The Morgan fingerprint density at radius 2 is 1.83 bits per heavy atom. The summed E-state index contributed by atoms with van der Waals surface area (Å²) in [6.45, 7) is 3.94. The third-order valence-electron chi connectivity index (χ3n) is 5.99. The molecule has 4 aromatic rings. The lowest BCUT2D eigenvalue weighted by Gasteiger charge is -2.19. The largest absolute Gasteiger partial charge is 0.491 e. The first-order valence-electron chi connectivity index (χ1n) is 11.4. The van der Waals surface area contributed by atoms with Crippen molar-refractivity contribution in [1.29, 1.82) is 0 Å². The van der Waals surface area contributed by atoms with Gasteiger partial charge in [-0.1, -0.05) is 18.2 Å². The summed E-state index contributed by atoms with van der Waals surface area (Å²) in [4.78, 5) is 18.0. The van der Waals surface area contributed by atoms with Gasteiger partial charge in [0.1, 0.15) is 15.7 Å². The minimum Gasteiger partial charge on any atom is -0.491 e. The lowest BCUT2D eigenvalue weighted by Crippen LogP contribution is -2.31. The van der Waals surface area contributed by atoms with E-state index in [0.717, 1.165) is 11.8 Å². The number of methoxy groups -OCH3 is 1. The van der Waals surface area contributed by atoms with Gasteiger partial charge in [-0.15, -0.1) is 0 Å². The van der Waals surface area contributed by atoms with Crippen LogP contribution in [0, 0.1) is 12.7 Å². The molecule has 2 aromatic carbocycles. The summed E-state index contributed by atoms with van der Waals surface area (Å²) in [6, 6.07) is 12.5. The molecule has 36 heavy (non-hydrogen) atoms. The Labute approximate surface area is 208 Å². The van der Waals surface area contributed by atoms with Crippen LogP contribution in [0.5, 0.6) is 11.6 Å². The second-order valence-corrected chi connectivity index (χ2v) is 10.9. The van der Waals surface area contributed by atoms with Gasteiger partial charge in [-0.05, 0) is 55.3 Å². The van der Waals surface area contributed by atoms with Crippen LogP contribution in [0.2, 0.25) is 0 Å². The maximum atomic E-state index is 14.6. The highest BCUT2D eigenvalue weighted by atomic mass is 32.2. The molecular weight excluding hydrogens is 485 g/mol. The van der Waals surface area contributed by atoms with Gasteiger partial charge in [0.15, 0.2) is 5.75 Å². The SMILES string of the molecule is CCOc1nc([C@@H](CS(C)(=O)=O)n2c(=O)n(C)c3cc(-c4ccc(C)cc4F)ccc32)ccc1OC. The van der Waals surface area contributed by atoms with E-state index in [-0.39, 0.29) is 17.5 Å². The fourth-order valence-corrected chi connectivity index (χ4v) is 5.18. The van der Waals surface area contributed by atoms with Crippen LogP contribution in [0.4, 0.5) is 4.39 Å². The van der Waals surface area contributed by atoms with Gasteiger partial charge in [0.2, 0.25) is 0 Å². The van der Waals surface area contributed by atoms with Gasteiger partial charge in [-0.3, -0.25) is 9.13 Å². The predicted octanol–water partition coefficient (Wildman–Crippen LogP) is 3.89. The molecule has 0 spiro atoms. The summed E-state index contributed by atoms with van der Waals surface area (Å²) in [5, 5.41) is 0. The number of fused-ring (bicyclic) bond motifs is 1. The van der Waals surface area contributed by atoms with Crippen LogP contribution in [0.15, 0.2) is 53.3 Å². The number of aryl methyl sites for hydroxylation is 2. The molecule has 1 atom stereocenters. The fourth-order valence-electron chi connectivity index (χ4n) is 4.29. The molecule has 0 bridgehead atoms. The number of pyridine rings is 1. The zero-order chi connectivity index (χ0) is 26.2. The van der Waals surface area contributed by atoms with E-state index < -0.39 is 21.6 Å². The van der Waals surface area contributed by atoms with Crippen molar-refractivity contribution in [2.24, 2.45) is 7.05 Å². The van der Waals surface area contributed by atoms with Crippen LogP contribution in [0.25, 0.3) is 22.2 Å². The van der Waals surface area contributed by atoms with Crippen molar-refractivity contribution in [3.05, 3.63) is 76.1 Å². The molecule has 0 aliphatic heterocycles. The van der Waals surface area contributed by atoms with Crippen molar-refractivity contribution in [3.8, 4) is 22.8 Å². The summed E-state index contributed by atoms with van der Waals surface area (Å²) < 4.78 is 53.2. The first kappa shape index (κ1) is 25.4. The third kappa shape index (κ3) is 4.86. The molecule has 0 saturated carbocycles. The zero-order valence-electron chi connectivity index (χ0n) is 20.8. The second-order valence-electron chi connectivity index (χ2n) is 8.68. The molecule has 0 amide bonds. The molecule has 0 unspecified atom stereocenters. The van der Waals surface area contributed by atoms with Crippen LogP contribution >= 0.6 is 0 Å². The van der Waals surface area contributed by atoms with Gasteiger partial charge in [0.05, 0.1) is 42.2 Å². The maximum absolute atomic E-state index is 14.6. The van der Waals surface area contributed by atoms with Crippen molar-refractivity contribution < 1.29 is 22.3 Å². The molecule has 0 radical (unpaired) electrons. The highest BCUT2D eigenvalue weighted by molar-refractivity contribution is 7.90. The lowest BCUT2D eigenvalue weighted by atomic mass is 10.0. The van der Waals surface area contributed by atoms with Crippen molar-refractivity contribution in [2.45, 2.75) is 19.9 Å². The van der Waals surface area contributed by atoms with E-state index in [2.05, 4.69) is 4.98 Å². The molecule has 2 aromatic heterocycles. The summed E-state index contributed by atoms with van der Waals surface area (Å²) in [7, 11) is -0.447. The number of hydrogen-bond acceptors (Lipinski definition) is 6. The Morgan fingerprint density at radius 1 is 1.08 bits per heavy atom. The standard InChI is InChI=1S/C26H28FN3O5S/c1-6-35-25-24(34-4)12-10-20(28-25)23(15-36(5,32)33)30-21-11-8-17(14-22(21)29(3)26(30)31)18-9-7-16(2)13-19(18)27/h7-14,23H,6,15H2,1-5H3/t23-/m1/s1. The smallest absolute Gasteiger partial charge is 0.329 e. The van der Waals surface area contributed by atoms with Crippen LogP contribution < -0.4 is 15.2 Å². The Morgan fingerprint density at radius 3 is 2.47 bits per heavy atom. The number of rotatable bonds is 8. The van der Waals surface area contributed by atoms with Crippen molar-refractivity contribution in [2.75, 3.05) is 25.7 Å². The summed E-state index contributed by atoms with van der Waals surface area (Å²) in [6.07, 6.45) is 1.11. The van der Waals surface area contributed by atoms with E-state index in [1.54, 1.807) is 50.4 Å². The molecule has 190 valence electrons. The molecule has 10 heteroatoms. The van der Waals surface area contributed by atoms with Crippen molar-refractivity contribution >= 4 is 20.9 Å². The van der Waals surface area contributed by atoms with E-state index in [4.69, 9.17) is 9.47 Å². The summed E-state index contributed by atoms with van der Waals surface area (Å²) >= 11 is 0. The van der Waals surface area contributed by atoms with Gasteiger partial charge in [0, 0.05) is 18.9 Å². The average molecular weight is 514 g/mol. The molecule has 0 N–H and O–H groups in total. The molecular formula is C26H28FN3O5S. The maximum Gasteiger partial charge on any atom is 0.329 e. The Hall–Kier alpha value is -3.66. The van der Waals surface area contributed by atoms with Crippen molar-refractivity contribution in [1.82, 2.24) is 14.1 Å². The van der Waals surface area contributed by atoms with E-state index in [9.17, 15) is 17.6 Å². The third-order valence-corrected chi connectivity index (χ3v) is 6.91. The minimum absolute atomic E-state index is 0.210. The average Bonchev–Trinajstić information content (AvgIpc) is 3.06. The summed E-state index contributed by atoms with van der Waals surface area (Å²) in [5.74, 6) is -0.111. The number of halogens is 1. The number of nitrogens with zero attached hydrogens (tertiary/aromatic N) is 3. The summed E-state index contributed by atoms with van der Waals surface area (Å²) in [5.41, 5.74) is 2.78. The van der Waals surface area contributed by atoms with Crippen molar-refractivity contribution in [3.63, 3.8) is 0 Å². The molecule has 0 saturated heterocycles. The van der Waals surface area contributed by atoms with Crippen LogP contribution in [0.3, 0.4) is 0 Å². The molecule has 2 heterocycles. The lowest BCUT2D eigenvalue weighted by molar-refractivity contribution is 0.296. The van der Waals surface area contributed by atoms with Gasteiger partial charge in [0.25, 0.3) is 5.88 Å². The molecule has 8 nitrogen and oxygen atoms in total. The van der Waals surface area contributed by atoms with Crippen LogP contribution in [-0.2, 0) is 16.9 Å².